The first-order chi connectivity index (χ1) is 8.55. The molecule has 0 aliphatic heterocycles. The average Bonchev–Trinajstić information content (AvgIpc) is 2.92. The van der Waals surface area contributed by atoms with E-state index in [1.807, 2.05) is 19.1 Å². The highest BCUT2D eigenvalue weighted by Crippen LogP contribution is 2.29. The Labute approximate surface area is 108 Å². The number of hydrogen-bond donors (Lipinski definition) is 2. The number of benzene rings is 1. The lowest BCUT2D eigenvalue weighted by Crippen LogP contribution is -2.25. The van der Waals surface area contributed by atoms with Crippen LogP contribution in [0.2, 0.25) is 0 Å². The molecule has 0 radical (unpaired) electrons. The van der Waals surface area contributed by atoms with E-state index in [0.717, 1.165) is 31.2 Å². The minimum absolute atomic E-state index is 0.0215. The summed E-state index contributed by atoms with van der Waals surface area (Å²) in [4.78, 5) is 0.433. The Morgan fingerprint density at radius 3 is 2.28 bits per heavy atom. The van der Waals surface area contributed by atoms with Gasteiger partial charge in [0, 0.05) is 6.04 Å². The van der Waals surface area contributed by atoms with Crippen molar-refractivity contribution in [3.63, 3.8) is 0 Å². The lowest BCUT2D eigenvalue weighted by atomic mass is 10.1. The Hall–Kier alpha value is -0.910. The second-order valence-corrected chi connectivity index (χ2v) is 7.14. The van der Waals surface area contributed by atoms with Gasteiger partial charge in [0.05, 0.1) is 10.1 Å². The molecule has 0 aromatic heterocycles. The lowest BCUT2D eigenvalue weighted by molar-refractivity contribution is 0.579. The molecule has 1 aromatic rings. The normalized spacial score (nSPS) is 19.0. The Morgan fingerprint density at radius 2 is 1.78 bits per heavy atom. The van der Waals surface area contributed by atoms with Crippen LogP contribution in [0, 0.1) is 0 Å². The lowest BCUT2D eigenvalue weighted by Gasteiger charge is -2.13. The molecule has 1 aromatic carbocycles. The monoisotopic (exact) mass is 268 g/mol. The second kappa shape index (κ2) is 5.38. The fourth-order valence-electron chi connectivity index (χ4n) is 2.43. The van der Waals surface area contributed by atoms with E-state index in [4.69, 9.17) is 5.84 Å². The van der Waals surface area contributed by atoms with E-state index in [2.05, 4.69) is 5.43 Å². The second-order valence-electron chi connectivity index (χ2n) is 4.91. The van der Waals surface area contributed by atoms with Gasteiger partial charge in [-0.2, -0.15) is 0 Å². The number of hydrazine groups is 1. The van der Waals surface area contributed by atoms with Crippen LogP contribution in [0.5, 0.6) is 0 Å². The molecule has 1 fully saturated rings. The highest BCUT2D eigenvalue weighted by atomic mass is 32.2. The first kappa shape index (κ1) is 13.5. The van der Waals surface area contributed by atoms with Crippen LogP contribution in [-0.2, 0) is 9.84 Å². The van der Waals surface area contributed by atoms with Crippen molar-refractivity contribution >= 4 is 9.84 Å². The molecule has 0 amide bonds. The van der Waals surface area contributed by atoms with Crippen LogP contribution in [0.25, 0.3) is 0 Å². The molecule has 5 heteroatoms. The number of nitrogens with one attached hydrogen (secondary N) is 1. The molecule has 0 heterocycles. The van der Waals surface area contributed by atoms with Gasteiger partial charge in [-0.05, 0) is 37.5 Å². The fraction of sp³-hybridized carbons (Fsp3) is 0.538. The van der Waals surface area contributed by atoms with Gasteiger partial charge in [-0.1, -0.05) is 25.0 Å². The third-order valence-electron chi connectivity index (χ3n) is 3.70. The largest absolute Gasteiger partial charge is 0.271 e. The quantitative estimate of drug-likeness (QED) is 0.646. The van der Waals surface area contributed by atoms with E-state index in [9.17, 15) is 8.42 Å². The van der Waals surface area contributed by atoms with Crippen LogP contribution >= 0.6 is 0 Å². The molecule has 1 saturated carbocycles. The van der Waals surface area contributed by atoms with Crippen LogP contribution in [0.3, 0.4) is 0 Å². The summed E-state index contributed by atoms with van der Waals surface area (Å²) in [7, 11) is -3.14. The molecule has 0 spiro atoms. The minimum Gasteiger partial charge on any atom is -0.271 e. The first-order valence-corrected chi connectivity index (χ1v) is 7.90. The van der Waals surface area contributed by atoms with Gasteiger partial charge in [0.2, 0.25) is 0 Å². The maximum absolute atomic E-state index is 12.3. The Kier molecular flexibility index (Phi) is 4.04. The predicted octanol–water partition coefficient (Wildman–Crippen LogP) is 1.93. The molecule has 100 valence electrons. The Bertz CT molecular complexity index is 490. The maximum Gasteiger partial charge on any atom is 0.181 e. The van der Waals surface area contributed by atoms with Crippen LogP contribution in [-0.4, -0.2) is 13.7 Å². The van der Waals surface area contributed by atoms with E-state index in [1.54, 1.807) is 12.1 Å². The predicted molar refractivity (Wildman–Crippen MR) is 71.6 cm³/mol. The van der Waals surface area contributed by atoms with Crippen molar-refractivity contribution < 1.29 is 8.42 Å². The van der Waals surface area contributed by atoms with Gasteiger partial charge in [0.1, 0.15) is 0 Å². The molecule has 1 unspecified atom stereocenters. The third kappa shape index (κ3) is 2.58. The van der Waals surface area contributed by atoms with E-state index >= 15 is 0 Å². The van der Waals surface area contributed by atoms with Gasteiger partial charge in [-0.25, -0.2) is 8.42 Å². The molecule has 4 nitrogen and oxygen atoms in total. The van der Waals surface area contributed by atoms with Crippen molar-refractivity contribution in [3.05, 3.63) is 29.8 Å². The van der Waals surface area contributed by atoms with Gasteiger partial charge >= 0.3 is 0 Å². The topological polar surface area (TPSA) is 72.2 Å². The van der Waals surface area contributed by atoms with Crippen LogP contribution in [0.15, 0.2) is 29.2 Å². The van der Waals surface area contributed by atoms with Gasteiger partial charge in [0.25, 0.3) is 0 Å². The van der Waals surface area contributed by atoms with Gasteiger partial charge in [-0.15, -0.1) is 0 Å². The zero-order valence-electron chi connectivity index (χ0n) is 10.6. The number of nitrogens with two attached hydrogens (primary N) is 1. The Balaban J connectivity index is 2.23. The zero-order valence-corrected chi connectivity index (χ0v) is 11.4. The molecule has 1 aliphatic carbocycles. The smallest absolute Gasteiger partial charge is 0.181 e. The maximum atomic E-state index is 12.3. The van der Waals surface area contributed by atoms with E-state index < -0.39 is 9.84 Å². The SMILES string of the molecule is CC(NN)c1ccc(S(=O)(=O)C2CCCC2)cc1. The van der Waals surface area contributed by atoms with Crippen molar-refractivity contribution in [2.75, 3.05) is 0 Å². The highest BCUT2D eigenvalue weighted by molar-refractivity contribution is 7.92. The zero-order chi connectivity index (χ0) is 13.2. The van der Waals surface area contributed by atoms with Gasteiger partial charge < -0.3 is 0 Å². The standard InChI is InChI=1S/C13H20N2O2S/c1-10(15-14)11-6-8-13(9-7-11)18(16,17)12-4-2-3-5-12/h6-10,12,15H,2-5,14H2,1H3. The summed E-state index contributed by atoms with van der Waals surface area (Å²) in [6, 6.07) is 7.06. The van der Waals surface area contributed by atoms with Gasteiger partial charge in [-0.3, -0.25) is 11.3 Å². The summed E-state index contributed by atoms with van der Waals surface area (Å²) in [6.07, 6.45) is 3.64. The van der Waals surface area contributed by atoms with E-state index in [0.29, 0.717) is 4.90 Å². The molecule has 18 heavy (non-hydrogen) atoms. The van der Waals surface area contributed by atoms with Crippen molar-refractivity contribution in [2.24, 2.45) is 5.84 Å². The van der Waals surface area contributed by atoms with Gasteiger partial charge in [0.15, 0.2) is 9.84 Å². The summed E-state index contributed by atoms with van der Waals surface area (Å²) >= 11 is 0. The molecule has 1 aliphatic rings. The summed E-state index contributed by atoms with van der Waals surface area (Å²) < 4.78 is 24.7. The molecular formula is C13H20N2O2S. The molecule has 0 bridgehead atoms. The van der Waals surface area contributed by atoms with Crippen molar-refractivity contribution in [1.29, 1.82) is 0 Å². The molecule has 0 saturated heterocycles. The molecule has 1 atom stereocenters. The number of rotatable bonds is 4. The van der Waals surface area contributed by atoms with E-state index in [1.165, 1.54) is 0 Å². The number of hydrogen-bond acceptors (Lipinski definition) is 4. The summed E-state index contributed by atoms with van der Waals surface area (Å²) in [5, 5.41) is -0.187. The Morgan fingerprint density at radius 1 is 1.22 bits per heavy atom. The fourth-order valence-corrected chi connectivity index (χ4v) is 4.29. The number of sulfone groups is 1. The van der Waals surface area contributed by atoms with Crippen LogP contribution < -0.4 is 11.3 Å². The van der Waals surface area contributed by atoms with Crippen molar-refractivity contribution in [1.82, 2.24) is 5.43 Å². The third-order valence-corrected chi connectivity index (χ3v) is 5.98. The summed E-state index contributed by atoms with van der Waals surface area (Å²) in [5.41, 5.74) is 3.63. The molecule has 3 N–H and O–H groups in total. The van der Waals surface area contributed by atoms with Crippen molar-refractivity contribution in [2.45, 2.75) is 48.8 Å². The first-order valence-electron chi connectivity index (χ1n) is 6.35. The van der Waals surface area contributed by atoms with E-state index in [-0.39, 0.29) is 11.3 Å². The molecule has 2 rings (SSSR count). The minimum atomic E-state index is -3.14. The average molecular weight is 268 g/mol. The summed E-state index contributed by atoms with van der Waals surface area (Å²) in [6.45, 7) is 1.93. The van der Waals surface area contributed by atoms with Crippen molar-refractivity contribution in [3.8, 4) is 0 Å². The summed E-state index contributed by atoms with van der Waals surface area (Å²) in [5.74, 6) is 5.36. The van der Waals surface area contributed by atoms with Crippen LogP contribution in [0.1, 0.15) is 44.2 Å². The molecular weight excluding hydrogens is 248 g/mol. The highest BCUT2D eigenvalue weighted by Gasteiger charge is 2.30. The van der Waals surface area contributed by atoms with Crippen LogP contribution in [0.4, 0.5) is 0 Å².